The number of benzene rings is 2. The number of anilines is 2. The van der Waals surface area contributed by atoms with Crippen molar-refractivity contribution in [2.24, 2.45) is 0 Å². The number of piperazine rings is 1. The summed E-state index contributed by atoms with van der Waals surface area (Å²) in [5, 5.41) is 3.00. The van der Waals surface area contributed by atoms with Crippen molar-refractivity contribution in [1.82, 2.24) is 4.90 Å². The van der Waals surface area contributed by atoms with Crippen LogP contribution in [0.15, 0.2) is 42.5 Å². The fraction of sp³-hybridized carbons (Fsp3) is 0.381. The first-order valence-electron chi connectivity index (χ1n) is 9.04. The van der Waals surface area contributed by atoms with Crippen LogP contribution in [0.1, 0.15) is 23.6 Å². The van der Waals surface area contributed by atoms with Crippen LogP contribution in [-0.4, -0.2) is 37.1 Å². The zero-order valence-electron chi connectivity index (χ0n) is 15.4. The Kier molecular flexibility index (Phi) is 5.27. The summed E-state index contributed by atoms with van der Waals surface area (Å²) in [6.07, 6.45) is 1.03. The lowest BCUT2D eigenvalue weighted by Gasteiger charge is -2.37. The maximum Gasteiger partial charge on any atom is 0.321 e. The molecule has 4 heteroatoms. The van der Waals surface area contributed by atoms with Crippen LogP contribution >= 0.6 is 0 Å². The molecule has 1 aliphatic heterocycles. The molecule has 3 rings (SSSR count). The molecule has 0 atom stereocenters. The molecule has 0 aliphatic carbocycles. The Hall–Kier alpha value is -2.49. The van der Waals surface area contributed by atoms with Gasteiger partial charge in [0.2, 0.25) is 0 Å². The third kappa shape index (κ3) is 3.95. The van der Waals surface area contributed by atoms with Crippen molar-refractivity contribution in [3.8, 4) is 0 Å². The molecule has 2 aromatic rings. The minimum Gasteiger partial charge on any atom is -0.368 e. The predicted octanol–water partition coefficient (Wildman–Crippen LogP) is 4.22. The molecule has 1 heterocycles. The van der Waals surface area contributed by atoms with E-state index in [-0.39, 0.29) is 6.03 Å². The van der Waals surface area contributed by atoms with Gasteiger partial charge in [-0.05, 0) is 43.5 Å². The first kappa shape index (κ1) is 17.3. The van der Waals surface area contributed by atoms with Gasteiger partial charge in [0.05, 0.1) is 0 Å². The van der Waals surface area contributed by atoms with E-state index in [9.17, 15) is 4.79 Å². The van der Waals surface area contributed by atoms with E-state index in [2.05, 4.69) is 42.3 Å². The summed E-state index contributed by atoms with van der Waals surface area (Å²) in [6.45, 7) is 9.65. The van der Waals surface area contributed by atoms with Crippen molar-refractivity contribution in [3.05, 3.63) is 59.2 Å². The number of nitrogens with one attached hydrogen (secondary N) is 1. The van der Waals surface area contributed by atoms with Gasteiger partial charge in [-0.25, -0.2) is 4.79 Å². The van der Waals surface area contributed by atoms with Crippen LogP contribution in [0.4, 0.5) is 16.2 Å². The zero-order chi connectivity index (χ0) is 17.8. The third-order valence-corrected chi connectivity index (χ3v) is 4.89. The van der Waals surface area contributed by atoms with E-state index in [1.807, 2.05) is 36.1 Å². The summed E-state index contributed by atoms with van der Waals surface area (Å²) < 4.78 is 0. The van der Waals surface area contributed by atoms with Crippen LogP contribution < -0.4 is 10.2 Å². The second-order valence-corrected chi connectivity index (χ2v) is 6.71. The van der Waals surface area contributed by atoms with E-state index < -0.39 is 0 Å². The standard InChI is InChI=1S/C21H27N3O/c1-4-18-7-5-6-17(3)20(18)23-12-14-24(15-13-23)21(25)22-19-10-8-16(2)9-11-19/h5-11H,4,12-15H2,1-3H3,(H,22,25). The van der Waals surface area contributed by atoms with E-state index in [1.165, 1.54) is 22.4 Å². The lowest BCUT2D eigenvalue weighted by Crippen LogP contribution is -2.50. The van der Waals surface area contributed by atoms with E-state index in [4.69, 9.17) is 0 Å². The number of rotatable bonds is 3. The van der Waals surface area contributed by atoms with Gasteiger partial charge in [0.1, 0.15) is 0 Å². The number of carbonyl (C=O) groups is 1. The predicted molar refractivity (Wildman–Crippen MR) is 105 cm³/mol. The number of hydrogen-bond donors (Lipinski definition) is 1. The molecule has 1 aliphatic rings. The molecule has 132 valence electrons. The molecule has 4 nitrogen and oxygen atoms in total. The van der Waals surface area contributed by atoms with Crippen LogP contribution in [0.3, 0.4) is 0 Å². The average Bonchev–Trinajstić information content (AvgIpc) is 2.63. The summed E-state index contributed by atoms with van der Waals surface area (Å²) in [6, 6.07) is 14.4. The molecular formula is C21H27N3O. The van der Waals surface area contributed by atoms with E-state index in [1.54, 1.807) is 0 Å². The Balaban J connectivity index is 1.62. The molecule has 0 saturated carbocycles. The summed E-state index contributed by atoms with van der Waals surface area (Å²) in [7, 11) is 0. The molecule has 0 radical (unpaired) electrons. The molecule has 2 amide bonds. The molecule has 2 aromatic carbocycles. The maximum absolute atomic E-state index is 12.5. The minimum atomic E-state index is -0.0102. The lowest BCUT2D eigenvalue weighted by molar-refractivity contribution is 0.208. The van der Waals surface area contributed by atoms with Gasteiger partial charge in [0.15, 0.2) is 0 Å². The lowest BCUT2D eigenvalue weighted by atomic mass is 10.0. The molecule has 0 aromatic heterocycles. The Morgan fingerprint density at radius 2 is 1.68 bits per heavy atom. The molecular weight excluding hydrogens is 310 g/mol. The van der Waals surface area contributed by atoms with Crippen molar-refractivity contribution < 1.29 is 4.79 Å². The zero-order valence-corrected chi connectivity index (χ0v) is 15.4. The summed E-state index contributed by atoms with van der Waals surface area (Å²) in [4.78, 5) is 16.8. The number of para-hydroxylation sites is 1. The van der Waals surface area contributed by atoms with Crippen LogP contribution in [0.25, 0.3) is 0 Å². The monoisotopic (exact) mass is 337 g/mol. The molecule has 1 saturated heterocycles. The molecule has 1 fully saturated rings. The van der Waals surface area contributed by atoms with Crippen LogP contribution in [-0.2, 0) is 6.42 Å². The van der Waals surface area contributed by atoms with Crippen molar-refractivity contribution in [3.63, 3.8) is 0 Å². The number of urea groups is 1. The first-order valence-corrected chi connectivity index (χ1v) is 9.04. The average molecular weight is 337 g/mol. The van der Waals surface area contributed by atoms with Crippen LogP contribution in [0.2, 0.25) is 0 Å². The minimum absolute atomic E-state index is 0.0102. The molecule has 0 bridgehead atoms. The third-order valence-electron chi connectivity index (χ3n) is 4.89. The normalized spacial score (nSPS) is 14.5. The SMILES string of the molecule is CCc1cccc(C)c1N1CCN(C(=O)Nc2ccc(C)cc2)CC1. The Bertz CT molecular complexity index is 731. The first-order chi connectivity index (χ1) is 12.1. The van der Waals surface area contributed by atoms with Crippen LogP contribution in [0.5, 0.6) is 0 Å². The highest BCUT2D eigenvalue weighted by atomic mass is 16.2. The van der Waals surface area contributed by atoms with E-state index in [0.29, 0.717) is 0 Å². The topological polar surface area (TPSA) is 35.6 Å². The summed E-state index contributed by atoms with van der Waals surface area (Å²) in [5.41, 5.74) is 6.10. The van der Waals surface area contributed by atoms with Crippen molar-refractivity contribution >= 4 is 17.4 Å². The molecule has 25 heavy (non-hydrogen) atoms. The van der Waals surface area contributed by atoms with Gasteiger partial charge < -0.3 is 15.1 Å². The summed E-state index contributed by atoms with van der Waals surface area (Å²) >= 11 is 0. The van der Waals surface area contributed by atoms with E-state index >= 15 is 0 Å². The second kappa shape index (κ2) is 7.60. The second-order valence-electron chi connectivity index (χ2n) is 6.71. The highest BCUT2D eigenvalue weighted by Gasteiger charge is 2.23. The van der Waals surface area contributed by atoms with Gasteiger partial charge in [0, 0.05) is 37.6 Å². The van der Waals surface area contributed by atoms with Gasteiger partial charge in [-0.1, -0.05) is 42.8 Å². The summed E-state index contributed by atoms with van der Waals surface area (Å²) in [5.74, 6) is 0. The number of nitrogens with zero attached hydrogens (tertiary/aromatic N) is 2. The Morgan fingerprint density at radius 3 is 2.32 bits per heavy atom. The molecule has 1 N–H and O–H groups in total. The largest absolute Gasteiger partial charge is 0.368 e. The highest BCUT2D eigenvalue weighted by Crippen LogP contribution is 2.27. The van der Waals surface area contributed by atoms with Crippen LogP contribution in [0, 0.1) is 13.8 Å². The number of hydrogen-bond acceptors (Lipinski definition) is 2. The Morgan fingerprint density at radius 1 is 1.00 bits per heavy atom. The number of carbonyl (C=O) groups excluding carboxylic acids is 1. The van der Waals surface area contributed by atoms with Crippen molar-refractivity contribution in [2.75, 3.05) is 36.4 Å². The van der Waals surface area contributed by atoms with Gasteiger partial charge in [-0.3, -0.25) is 0 Å². The van der Waals surface area contributed by atoms with Crippen molar-refractivity contribution in [2.45, 2.75) is 27.2 Å². The smallest absolute Gasteiger partial charge is 0.321 e. The fourth-order valence-corrected chi connectivity index (χ4v) is 3.43. The van der Waals surface area contributed by atoms with E-state index in [0.717, 1.165) is 38.3 Å². The molecule has 0 unspecified atom stereocenters. The molecule has 0 spiro atoms. The number of amides is 2. The Labute approximate surface area is 150 Å². The van der Waals surface area contributed by atoms with Crippen molar-refractivity contribution in [1.29, 1.82) is 0 Å². The van der Waals surface area contributed by atoms with Gasteiger partial charge in [-0.2, -0.15) is 0 Å². The quantitative estimate of drug-likeness (QED) is 0.910. The highest BCUT2D eigenvalue weighted by molar-refractivity contribution is 5.89. The fourth-order valence-electron chi connectivity index (χ4n) is 3.43. The van der Waals surface area contributed by atoms with Gasteiger partial charge in [0.25, 0.3) is 0 Å². The van der Waals surface area contributed by atoms with Gasteiger partial charge >= 0.3 is 6.03 Å². The number of aryl methyl sites for hydroxylation is 3. The maximum atomic E-state index is 12.5. The van der Waals surface area contributed by atoms with Gasteiger partial charge in [-0.15, -0.1) is 0 Å².